The molecule has 2 heterocycles. The van der Waals surface area contributed by atoms with Gasteiger partial charge in [0.2, 0.25) is 5.89 Å². The maximum atomic E-state index is 12.0. The molecule has 1 fully saturated rings. The van der Waals surface area contributed by atoms with Crippen LogP contribution in [0, 0.1) is 0 Å². The van der Waals surface area contributed by atoms with E-state index in [-0.39, 0.29) is 17.5 Å². The topological polar surface area (TPSA) is 72.6 Å². The van der Waals surface area contributed by atoms with Crippen LogP contribution in [0.15, 0.2) is 65.2 Å². The molecule has 0 saturated carbocycles. The summed E-state index contributed by atoms with van der Waals surface area (Å²) in [5.41, 5.74) is 2.06. The molecule has 1 aliphatic heterocycles. The van der Waals surface area contributed by atoms with Gasteiger partial charge < -0.3 is 9.15 Å². The molecule has 29 heavy (non-hydrogen) atoms. The van der Waals surface area contributed by atoms with Gasteiger partial charge in [-0.25, -0.2) is 13.4 Å². The average molecular weight is 413 g/mol. The van der Waals surface area contributed by atoms with Crippen molar-refractivity contribution in [3.8, 4) is 17.1 Å². The van der Waals surface area contributed by atoms with Gasteiger partial charge in [-0.15, -0.1) is 0 Å². The van der Waals surface area contributed by atoms with Crippen molar-refractivity contribution >= 4 is 9.84 Å². The minimum Gasteiger partial charge on any atom is -0.497 e. The van der Waals surface area contributed by atoms with E-state index in [1.807, 2.05) is 54.6 Å². The number of nitrogens with zero attached hydrogens (tertiary/aromatic N) is 2. The molecule has 152 valence electrons. The SMILES string of the molecule is COc1ccc(CN(Cc2ncc(-c3ccccc3)o2)[C@@H]2CCS(=O)(=O)C2)cc1. The molecule has 0 unspecified atom stereocenters. The summed E-state index contributed by atoms with van der Waals surface area (Å²) in [4.78, 5) is 6.58. The van der Waals surface area contributed by atoms with Crippen LogP contribution in [0.4, 0.5) is 0 Å². The molecule has 1 aromatic heterocycles. The molecular weight excluding hydrogens is 388 g/mol. The number of ether oxygens (including phenoxy) is 1. The van der Waals surface area contributed by atoms with Crippen molar-refractivity contribution in [2.45, 2.75) is 25.6 Å². The summed E-state index contributed by atoms with van der Waals surface area (Å²) in [6.45, 7) is 1.08. The van der Waals surface area contributed by atoms with Gasteiger partial charge in [0.15, 0.2) is 15.6 Å². The molecule has 0 bridgehead atoms. The van der Waals surface area contributed by atoms with Crippen LogP contribution >= 0.6 is 0 Å². The van der Waals surface area contributed by atoms with E-state index in [1.165, 1.54) is 0 Å². The molecule has 0 N–H and O–H groups in total. The summed E-state index contributed by atoms with van der Waals surface area (Å²) in [5, 5.41) is 0. The summed E-state index contributed by atoms with van der Waals surface area (Å²) in [7, 11) is -1.35. The van der Waals surface area contributed by atoms with Crippen LogP contribution in [0.3, 0.4) is 0 Å². The maximum absolute atomic E-state index is 12.0. The van der Waals surface area contributed by atoms with Gasteiger partial charge in [-0.05, 0) is 24.1 Å². The highest BCUT2D eigenvalue weighted by molar-refractivity contribution is 7.91. The summed E-state index contributed by atoms with van der Waals surface area (Å²) >= 11 is 0. The van der Waals surface area contributed by atoms with Crippen LogP contribution in [0.1, 0.15) is 17.9 Å². The first-order valence-corrected chi connectivity index (χ1v) is 11.4. The third-order valence-electron chi connectivity index (χ3n) is 5.22. The summed E-state index contributed by atoms with van der Waals surface area (Å²) in [5.74, 6) is 2.50. The molecule has 1 saturated heterocycles. The van der Waals surface area contributed by atoms with Crippen molar-refractivity contribution in [3.63, 3.8) is 0 Å². The van der Waals surface area contributed by atoms with Crippen LogP contribution in [-0.4, -0.2) is 43.0 Å². The zero-order valence-corrected chi connectivity index (χ0v) is 17.1. The van der Waals surface area contributed by atoms with E-state index in [9.17, 15) is 8.42 Å². The van der Waals surface area contributed by atoms with Crippen molar-refractivity contribution in [2.75, 3.05) is 18.6 Å². The Labute approximate surface area is 171 Å². The lowest BCUT2D eigenvalue weighted by Gasteiger charge is -2.26. The van der Waals surface area contributed by atoms with Gasteiger partial charge in [-0.1, -0.05) is 42.5 Å². The van der Waals surface area contributed by atoms with Gasteiger partial charge in [-0.3, -0.25) is 4.90 Å². The van der Waals surface area contributed by atoms with E-state index in [0.29, 0.717) is 31.2 Å². The van der Waals surface area contributed by atoms with Crippen molar-refractivity contribution in [1.82, 2.24) is 9.88 Å². The third-order valence-corrected chi connectivity index (χ3v) is 6.97. The van der Waals surface area contributed by atoms with Crippen LogP contribution in [0.2, 0.25) is 0 Å². The van der Waals surface area contributed by atoms with Crippen LogP contribution in [0.25, 0.3) is 11.3 Å². The number of rotatable bonds is 7. The number of hydrogen-bond donors (Lipinski definition) is 0. The number of aromatic nitrogens is 1. The van der Waals surface area contributed by atoms with Gasteiger partial charge >= 0.3 is 0 Å². The molecule has 0 amide bonds. The highest BCUT2D eigenvalue weighted by Crippen LogP contribution is 2.25. The summed E-state index contributed by atoms with van der Waals surface area (Å²) in [6.07, 6.45) is 2.35. The first-order chi connectivity index (χ1) is 14.0. The summed E-state index contributed by atoms with van der Waals surface area (Å²) < 4.78 is 35.3. The van der Waals surface area contributed by atoms with Crippen molar-refractivity contribution < 1.29 is 17.6 Å². The van der Waals surface area contributed by atoms with Crippen molar-refractivity contribution in [1.29, 1.82) is 0 Å². The predicted octanol–water partition coefficient (Wildman–Crippen LogP) is 3.54. The highest BCUT2D eigenvalue weighted by atomic mass is 32.2. The first-order valence-electron chi connectivity index (χ1n) is 9.60. The van der Waals surface area contributed by atoms with Gasteiger partial charge in [0.25, 0.3) is 0 Å². The quantitative estimate of drug-likeness (QED) is 0.591. The Morgan fingerprint density at radius 1 is 1.10 bits per heavy atom. The molecule has 3 aromatic rings. The zero-order chi connectivity index (χ0) is 20.3. The average Bonchev–Trinajstić information content (AvgIpc) is 3.35. The molecule has 1 atom stereocenters. The van der Waals surface area contributed by atoms with Gasteiger partial charge in [-0.2, -0.15) is 0 Å². The highest BCUT2D eigenvalue weighted by Gasteiger charge is 2.33. The lowest BCUT2D eigenvalue weighted by molar-refractivity contribution is 0.176. The number of methoxy groups -OCH3 is 1. The van der Waals surface area contributed by atoms with Crippen LogP contribution < -0.4 is 4.74 Å². The molecule has 0 spiro atoms. The second-order valence-corrected chi connectivity index (χ2v) is 9.52. The van der Waals surface area contributed by atoms with E-state index in [1.54, 1.807) is 13.3 Å². The number of oxazole rings is 1. The second kappa shape index (κ2) is 8.39. The van der Waals surface area contributed by atoms with Gasteiger partial charge in [0.1, 0.15) is 5.75 Å². The number of sulfone groups is 1. The van der Waals surface area contributed by atoms with E-state index >= 15 is 0 Å². The van der Waals surface area contributed by atoms with Crippen LogP contribution in [-0.2, 0) is 22.9 Å². The smallest absolute Gasteiger partial charge is 0.209 e. The Kier molecular flexibility index (Phi) is 5.69. The standard InChI is InChI=1S/C22H24N2O4S/c1-27-20-9-7-17(8-10-20)14-24(19-11-12-29(25,26)16-19)15-22-23-13-21(28-22)18-5-3-2-4-6-18/h2-10,13,19H,11-12,14-16H2,1H3/t19-/m1/s1. The number of hydrogen-bond acceptors (Lipinski definition) is 6. The number of benzene rings is 2. The third kappa shape index (κ3) is 4.86. The molecule has 2 aromatic carbocycles. The molecule has 0 radical (unpaired) electrons. The maximum Gasteiger partial charge on any atom is 0.209 e. The Hall–Kier alpha value is -2.64. The van der Waals surface area contributed by atoms with E-state index in [4.69, 9.17) is 9.15 Å². The molecule has 4 rings (SSSR count). The van der Waals surface area contributed by atoms with Gasteiger partial charge in [0.05, 0.1) is 31.4 Å². The Morgan fingerprint density at radius 2 is 1.86 bits per heavy atom. The van der Waals surface area contributed by atoms with Gasteiger partial charge in [0, 0.05) is 18.2 Å². The lowest BCUT2D eigenvalue weighted by atomic mass is 10.1. The first kappa shape index (κ1) is 19.7. The summed E-state index contributed by atoms with van der Waals surface area (Å²) in [6, 6.07) is 17.6. The predicted molar refractivity (Wildman–Crippen MR) is 111 cm³/mol. The molecule has 1 aliphatic rings. The van der Waals surface area contributed by atoms with E-state index in [2.05, 4.69) is 9.88 Å². The van der Waals surface area contributed by atoms with Crippen molar-refractivity contribution in [2.24, 2.45) is 0 Å². The van der Waals surface area contributed by atoms with Crippen LogP contribution in [0.5, 0.6) is 5.75 Å². The Balaban J connectivity index is 1.54. The fourth-order valence-corrected chi connectivity index (χ4v) is 5.40. The fraction of sp³-hybridized carbons (Fsp3) is 0.318. The van der Waals surface area contributed by atoms with E-state index in [0.717, 1.165) is 16.9 Å². The Morgan fingerprint density at radius 3 is 2.52 bits per heavy atom. The minimum absolute atomic E-state index is 0.0471. The molecular formula is C22H24N2O4S. The fourth-order valence-electron chi connectivity index (χ4n) is 3.64. The zero-order valence-electron chi connectivity index (χ0n) is 16.3. The largest absolute Gasteiger partial charge is 0.497 e. The molecule has 0 aliphatic carbocycles. The minimum atomic E-state index is -2.99. The normalized spacial score (nSPS) is 18.2. The molecule has 7 heteroatoms. The lowest BCUT2D eigenvalue weighted by Crippen LogP contribution is -2.35. The van der Waals surface area contributed by atoms with E-state index < -0.39 is 9.84 Å². The Bertz CT molecular complexity index is 1050. The second-order valence-electron chi connectivity index (χ2n) is 7.29. The monoisotopic (exact) mass is 412 g/mol. The molecule has 6 nitrogen and oxygen atoms in total. The van der Waals surface area contributed by atoms with Crippen molar-refractivity contribution in [3.05, 3.63) is 72.2 Å².